The normalized spacial score (nSPS) is 10.9. The van der Waals surface area contributed by atoms with Gasteiger partial charge in [-0.05, 0) is 17.9 Å². The third-order valence-corrected chi connectivity index (χ3v) is 4.11. The van der Waals surface area contributed by atoms with Gasteiger partial charge in [-0.3, -0.25) is 4.18 Å². The van der Waals surface area contributed by atoms with Crippen LogP contribution in [0.15, 0.2) is 43.0 Å². The second kappa shape index (κ2) is 11.5. The van der Waals surface area contributed by atoms with E-state index in [1.54, 1.807) is 0 Å². The fraction of sp³-hybridized carbons (Fsp3) is 0.529. The van der Waals surface area contributed by atoms with Crippen molar-refractivity contribution in [2.24, 2.45) is 0 Å². The molecule has 0 spiro atoms. The summed E-state index contributed by atoms with van der Waals surface area (Å²) in [5.74, 6) is 0.778. The Morgan fingerprint density at radius 1 is 1.19 bits per heavy atom. The second-order valence-electron chi connectivity index (χ2n) is 5.11. The van der Waals surface area contributed by atoms with Crippen molar-refractivity contribution < 1.29 is 12.6 Å². The third-order valence-electron chi connectivity index (χ3n) is 2.83. The van der Waals surface area contributed by atoms with Crippen molar-refractivity contribution in [3.63, 3.8) is 0 Å². The SMILES string of the molecule is C=CCOS(=O)(=O)CCCCC.CC(C)c1ccccc1. The van der Waals surface area contributed by atoms with Crippen molar-refractivity contribution in [2.75, 3.05) is 12.4 Å². The van der Waals surface area contributed by atoms with Crippen LogP contribution in [0.3, 0.4) is 0 Å². The molecule has 0 aliphatic heterocycles. The smallest absolute Gasteiger partial charge is 0.266 e. The highest BCUT2D eigenvalue weighted by Gasteiger charge is 2.08. The molecule has 0 aliphatic rings. The molecule has 21 heavy (non-hydrogen) atoms. The van der Waals surface area contributed by atoms with Crippen molar-refractivity contribution in [1.29, 1.82) is 0 Å². The molecule has 1 aromatic rings. The van der Waals surface area contributed by atoms with Crippen LogP contribution in [0.5, 0.6) is 0 Å². The van der Waals surface area contributed by atoms with E-state index in [1.807, 2.05) is 13.0 Å². The van der Waals surface area contributed by atoms with E-state index in [4.69, 9.17) is 0 Å². The van der Waals surface area contributed by atoms with E-state index in [2.05, 4.69) is 48.9 Å². The van der Waals surface area contributed by atoms with Gasteiger partial charge in [0.05, 0.1) is 12.4 Å². The summed E-state index contributed by atoms with van der Waals surface area (Å²) in [5, 5.41) is 0. The van der Waals surface area contributed by atoms with Gasteiger partial charge >= 0.3 is 0 Å². The first-order valence-corrected chi connectivity index (χ1v) is 9.03. The maximum Gasteiger partial charge on any atom is 0.267 e. The van der Waals surface area contributed by atoms with Crippen LogP contribution in [0.25, 0.3) is 0 Å². The van der Waals surface area contributed by atoms with Crippen LogP contribution < -0.4 is 0 Å². The van der Waals surface area contributed by atoms with E-state index in [0.717, 1.165) is 12.8 Å². The zero-order valence-corrected chi connectivity index (χ0v) is 14.2. The molecule has 0 radical (unpaired) electrons. The maximum absolute atomic E-state index is 11.0. The molecule has 0 bridgehead atoms. The highest BCUT2D eigenvalue weighted by atomic mass is 32.2. The third kappa shape index (κ3) is 11.2. The number of unbranched alkanes of at least 4 members (excludes halogenated alkanes) is 2. The Balaban J connectivity index is 0.000000394. The summed E-state index contributed by atoms with van der Waals surface area (Å²) in [5.41, 5.74) is 1.41. The highest BCUT2D eigenvalue weighted by molar-refractivity contribution is 7.86. The summed E-state index contributed by atoms with van der Waals surface area (Å²) in [6, 6.07) is 10.5. The molecule has 0 unspecified atom stereocenters. The largest absolute Gasteiger partial charge is 0.267 e. The lowest BCUT2D eigenvalue weighted by Gasteiger charge is -2.01. The van der Waals surface area contributed by atoms with Crippen LogP contribution in [0, 0.1) is 0 Å². The Morgan fingerprint density at radius 2 is 1.81 bits per heavy atom. The quantitative estimate of drug-likeness (QED) is 0.403. The van der Waals surface area contributed by atoms with Gasteiger partial charge in [0.2, 0.25) is 0 Å². The van der Waals surface area contributed by atoms with Gasteiger partial charge in [0.25, 0.3) is 10.1 Å². The van der Waals surface area contributed by atoms with Gasteiger partial charge in [-0.1, -0.05) is 70.0 Å². The molecule has 0 saturated heterocycles. The predicted molar refractivity (Wildman–Crippen MR) is 90.0 cm³/mol. The molecule has 0 amide bonds. The second-order valence-corrected chi connectivity index (χ2v) is 6.87. The molecule has 0 saturated carbocycles. The number of hydrogen-bond donors (Lipinski definition) is 0. The lowest BCUT2D eigenvalue weighted by molar-refractivity contribution is 0.356. The van der Waals surface area contributed by atoms with Crippen LogP contribution in [-0.2, 0) is 14.3 Å². The first-order valence-electron chi connectivity index (χ1n) is 7.46. The van der Waals surface area contributed by atoms with Crippen molar-refractivity contribution in [2.45, 2.75) is 46.0 Å². The zero-order valence-electron chi connectivity index (χ0n) is 13.4. The maximum atomic E-state index is 11.0. The molecule has 4 heteroatoms. The van der Waals surface area contributed by atoms with Crippen molar-refractivity contribution in [1.82, 2.24) is 0 Å². The van der Waals surface area contributed by atoms with Gasteiger partial charge in [0.15, 0.2) is 0 Å². The van der Waals surface area contributed by atoms with Gasteiger partial charge in [-0.2, -0.15) is 8.42 Å². The van der Waals surface area contributed by atoms with E-state index >= 15 is 0 Å². The molecule has 0 atom stereocenters. The summed E-state index contributed by atoms with van der Waals surface area (Å²) >= 11 is 0. The molecule has 120 valence electrons. The Bertz CT molecular complexity index is 464. The minimum absolute atomic E-state index is 0.0778. The van der Waals surface area contributed by atoms with Crippen molar-refractivity contribution in [3.05, 3.63) is 48.6 Å². The summed E-state index contributed by atoms with van der Waals surface area (Å²) in [4.78, 5) is 0. The van der Waals surface area contributed by atoms with Crippen molar-refractivity contribution >= 4 is 10.1 Å². The molecule has 1 aromatic carbocycles. The summed E-state index contributed by atoms with van der Waals surface area (Å²) < 4.78 is 26.6. The van der Waals surface area contributed by atoms with Gasteiger partial charge in [0, 0.05) is 0 Å². The summed E-state index contributed by atoms with van der Waals surface area (Å²) in [6.07, 6.45) is 4.04. The highest BCUT2D eigenvalue weighted by Crippen LogP contribution is 2.11. The molecule has 0 fully saturated rings. The molecule has 1 rings (SSSR count). The minimum atomic E-state index is -3.29. The number of hydrogen-bond acceptors (Lipinski definition) is 3. The lowest BCUT2D eigenvalue weighted by atomic mass is 10.0. The molecule has 0 aromatic heterocycles. The van der Waals surface area contributed by atoms with Crippen LogP contribution in [-0.4, -0.2) is 20.8 Å². The van der Waals surface area contributed by atoms with E-state index in [1.165, 1.54) is 11.6 Å². The Labute approximate surface area is 130 Å². The molecule has 3 nitrogen and oxygen atoms in total. The Hall–Kier alpha value is -1.13. The standard InChI is InChI=1S/C9H12.C8H16O3S/c1-8(2)9-6-4-3-5-7-9;1-3-5-6-8-12(9,10)11-7-4-2/h3-8H,1-2H3;4H,2-3,5-8H2,1H3. The summed E-state index contributed by atoms with van der Waals surface area (Å²) in [6.45, 7) is 9.88. The predicted octanol–water partition coefficient (Wildman–Crippen LogP) is 4.52. The van der Waals surface area contributed by atoms with Crippen LogP contribution >= 0.6 is 0 Å². The zero-order chi connectivity index (χ0) is 16.1. The minimum Gasteiger partial charge on any atom is -0.266 e. The summed E-state index contributed by atoms with van der Waals surface area (Å²) in [7, 11) is -3.29. The molecular formula is C17H28O3S. The Morgan fingerprint density at radius 3 is 2.24 bits per heavy atom. The monoisotopic (exact) mass is 312 g/mol. The molecule has 0 aliphatic carbocycles. The van der Waals surface area contributed by atoms with Gasteiger partial charge in [0.1, 0.15) is 0 Å². The van der Waals surface area contributed by atoms with E-state index in [-0.39, 0.29) is 12.4 Å². The number of benzene rings is 1. The molecule has 0 heterocycles. The van der Waals surface area contributed by atoms with E-state index < -0.39 is 10.1 Å². The first-order chi connectivity index (χ1) is 9.93. The van der Waals surface area contributed by atoms with Crippen LogP contribution in [0.2, 0.25) is 0 Å². The Kier molecular flexibility index (Phi) is 10.9. The first kappa shape index (κ1) is 19.9. The molecule has 0 N–H and O–H groups in total. The van der Waals surface area contributed by atoms with Gasteiger partial charge in [-0.15, -0.1) is 6.58 Å². The van der Waals surface area contributed by atoms with E-state index in [0.29, 0.717) is 12.3 Å². The van der Waals surface area contributed by atoms with Gasteiger partial charge < -0.3 is 0 Å². The number of rotatable bonds is 8. The average Bonchev–Trinajstić information content (AvgIpc) is 2.47. The topological polar surface area (TPSA) is 43.4 Å². The fourth-order valence-corrected chi connectivity index (χ4v) is 2.56. The van der Waals surface area contributed by atoms with Gasteiger partial charge in [-0.25, -0.2) is 0 Å². The van der Waals surface area contributed by atoms with Crippen LogP contribution in [0.4, 0.5) is 0 Å². The fourth-order valence-electron chi connectivity index (χ4n) is 1.58. The molecular weight excluding hydrogens is 284 g/mol. The van der Waals surface area contributed by atoms with Crippen LogP contribution in [0.1, 0.15) is 51.5 Å². The average molecular weight is 312 g/mol. The lowest BCUT2D eigenvalue weighted by Crippen LogP contribution is -2.10. The van der Waals surface area contributed by atoms with E-state index in [9.17, 15) is 8.42 Å². The van der Waals surface area contributed by atoms with Crippen molar-refractivity contribution in [3.8, 4) is 0 Å².